The van der Waals surface area contributed by atoms with Gasteiger partial charge in [0.15, 0.2) is 0 Å². The fraction of sp³-hybridized carbons (Fsp3) is 0.250. The van der Waals surface area contributed by atoms with Gasteiger partial charge >= 0.3 is 5.88 Å². The molecule has 0 aliphatic heterocycles. The molecule has 0 aliphatic rings. The maximum Gasteiger partial charge on any atom is 0.433 e. The number of furan rings is 1. The molecular weight excluding hydrogens is 174 g/mol. The molecule has 0 bridgehead atoms. The van der Waals surface area contributed by atoms with Crippen molar-refractivity contribution in [1.82, 2.24) is 0 Å². The van der Waals surface area contributed by atoms with Crippen LogP contribution in [-0.4, -0.2) is 16.1 Å². The first kappa shape index (κ1) is 9.47. The molecule has 5 heteroatoms. The molecule has 1 unspecified atom stereocenters. The zero-order chi connectivity index (χ0) is 9.84. The number of hydrogen-bond donors (Lipinski definition) is 1. The number of nitrogens with zero attached hydrogens (tertiary/aromatic N) is 1. The first-order chi connectivity index (χ1) is 6.09. The third-order valence-corrected chi connectivity index (χ3v) is 1.33. The summed E-state index contributed by atoms with van der Waals surface area (Å²) < 4.78 is 4.80. The topological polar surface area (TPSA) is 76.5 Å². The third kappa shape index (κ3) is 2.72. The van der Waals surface area contributed by atoms with Crippen LogP contribution in [0.1, 0.15) is 12.7 Å². The molecule has 13 heavy (non-hydrogen) atoms. The molecule has 1 heterocycles. The molecule has 1 aromatic heterocycles. The second-order valence-electron chi connectivity index (χ2n) is 2.53. The summed E-state index contributed by atoms with van der Waals surface area (Å²) in [4.78, 5) is 9.58. The molecule has 0 aliphatic carbocycles. The molecule has 0 spiro atoms. The third-order valence-electron chi connectivity index (χ3n) is 1.33. The van der Waals surface area contributed by atoms with Gasteiger partial charge in [-0.25, -0.2) is 0 Å². The van der Waals surface area contributed by atoms with Crippen LogP contribution in [0.5, 0.6) is 0 Å². The smallest absolute Gasteiger partial charge is 0.401 e. The van der Waals surface area contributed by atoms with Gasteiger partial charge in [0.25, 0.3) is 0 Å². The van der Waals surface area contributed by atoms with E-state index in [4.69, 9.17) is 9.52 Å². The van der Waals surface area contributed by atoms with Crippen LogP contribution in [-0.2, 0) is 0 Å². The minimum absolute atomic E-state index is 0.301. The molecular formula is C8H9NO4. The Morgan fingerprint density at radius 2 is 2.38 bits per heavy atom. The van der Waals surface area contributed by atoms with Crippen LogP contribution in [0, 0.1) is 10.1 Å². The van der Waals surface area contributed by atoms with E-state index in [2.05, 4.69) is 0 Å². The molecule has 1 N–H and O–H groups in total. The van der Waals surface area contributed by atoms with Crippen molar-refractivity contribution in [3.05, 3.63) is 34.1 Å². The van der Waals surface area contributed by atoms with Gasteiger partial charge in [-0.3, -0.25) is 10.1 Å². The molecule has 0 amide bonds. The quantitative estimate of drug-likeness (QED) is 0.570. The van der Waals surface area contributed by atoms with Gasteiger partial charge in [0, 0.05) is 0 Å². The summed E-state index contributed by atoms with van der Waals surface area (Å²) in [5, 5.41) is 19.1. The van der Waals surface area contributed by atoms with Gasteiger partial charge in [-0.1, -0.05) is 6.08 Å². The molecule has 1 aromatic rings. The lowest BCUT2D eigenvalue weighted by atomic mass is 10.3. The highest BCUT2D eigenvalue weighted by molar-refractivity contribution is 5.45. The molecule has 1 atom stereocenters. The Morgan fingerprint density at radius 3 is 2.85 bits per heavy atom. The van der Waals surface area contributed by atoms with E-state index in [9.17, 15) is 10.1 Å². The van der Waals surface area contributed by atoms with Crippen molar-refractivity contribution in [2.75, 3.05) is 0 Å². The maximum atomic E-state index is 10.2. The Hall–Kier alpha value is -1.62. The lowest BCUT2D eigenvalue weighted by Gasteiger charge is -1.90. The monoisotopic (exact) mass is 183 g/mol. The zero-order valence-corrected chi connectivity index (χ0v) is 7.01. The second-order valence-corrected chi connectivity index (χ2v) is 2.53. The molecule has 70 valence electrons. The van der Waals surface area contributed by atoms with Crippen molar-refractivity contribution >= 4 is 12.0 Å². The van der Waals surface area contributed by atoms with Gasteiger partial charge < -0.3 is 9.52 Å². The van der Waals surface area contributed by atoms with Gasteiger partial charge in [0.2, 0.25) is 0 Å². The van der Waals surface area contributed by atoms with Crippen LogP contribution < -0.4 is 0 Å². The summed E-state index contributed by atoms with van der Waals surface area (Å²) in [6.07, 6.45) is 2.37. The fourth-order valence-electron chi connectivity index (χ4n) is 0.764. The number of hydrogen-bond acceptors (Lipinski definition) is 4. The van der Waals surface area contributed by atoms with E-state index < -0.39 is 11.0 Å². The predicted molar refractivity (Wildman–Crippen MR) is 46.1 cm³/mol. The Labute approximate surface area is 74.4 Å². The lowest BCUT2D eigenvalue weighted by Crippen LogP contribution is -1.90. The number of aliphatic hydroxyl groups excluding tert-OH is 1. The summed E-state index contributed by atoms with van der Waals surface area (Å²) in [6.45, 7) is 1.58. The average Bonchev–Trinajstić information content (AvgIpc) is 2.48. The predicted octanol–water partition coefficient (Wildman–Crippen LogP) is 1.58. The molecule has 1 rings (SSSR count). The van der Waals surface area contributed by atoms with Crippen LogP contribution in [0.4, 0.5) is 5.88 Å². The Balaban J connectivity index is 2.75. The average molecular weight is 183 g/mol. The van der Waals surface area contributed by atoms with E-state index in [1.165, 1.54) is 24.3 Å². The molecule has 0 radical (unpaired) electrons. The van der Waals surface area contributed by atoms with Gasteiger partial charge in [-0.15, -0.1) is 0 Å². The van der Waals surface area contributed by atoms with Gasteiger partial charge in [-0.05, 0) is 19.1 Å². The summed E-state index contributed by atoms with van der Waals surface area (Å²) in [7, 11) is 0. The largest absolute Gasteiger partial charge is 0.433 e. The first-order valence-corrected chi connectivity index (χ1v) is 3.70. The molecule has 0 saturated heterocycles. The minimum atomic E-state index is -0.611. The van der Waals surface area contributed by atoms with E-state index in [0.29, 0.717) is 5.76 Å². The van der Waals surface area contributed by atoms with Crippen molar-refractivity contribution in [3.8, 4) is 0 Å². The van der Waals surface area contributed by atoms with E-state index >= 15 is 0 Å². The maximum absolute atomic E-state index is 10.2. The zero-order valence-electron chi connectivity index (χ0n) is 7.01. The van der Waals surface area contributed by atoms with Crippen LogP contribution in [0.2, 0.25) is 0 Å². The van der Waals surface area contributed by atoms with E-state index in [1.807, 2.05) is 0 Å². The Kier molecular flexibility index (Phi) is 2.81. The lowest BCUT2D eigenvalue weighted by molar-refractivity contribution is -0.402. The fourth-order valence-corrected chi connectivity index (χ4v) is 0.764. The van der Waals surface area contributed by atoms with Crippen molar-refractivity contribution in [2.45, 2.75) is 13.0 Å². The highest BCUT2D eigenvalue weighted by atomic mass is 16.6. The molecule has 0 fully saturated rings. The summed E-state index contributed by atoms with van der Waals surface area (Å²) in [5.74, 6) is 0.0536. The second kappa shape index (κ2) is 3.86. The highest BCUT2D eigenvalue weighted by Gasteiger charge is 2.09. The van der Waals surface area contributed by atoms with Crippen LogP contribution in [0.25, 0.3) is 6.08 Å². The van der Waals surface area contributed by atoms with Crippen molar-refractivity contribution < 1.29 is 14.4 Å². The first-order valence-electron chi connectivity index (χ1n) is 3.70. The molecule has 5 nitrogen and oxygen atoms in total. The Bertz CT molecular complexity index is 327. The number of nitro groups is 1. The van der Waals surface area contributed by atoms with Gasteiger partial charge in [-0.2, -0.15) is 0 Å². The summed E-state index contributed by atoms with van der Waals surface area (Å²) >= 11 is 0. The van der Waals surface area contributed by atoms with Crippen LogP contribution >= 0.6 is 0 Å². The van der Waals surface area contributed by atoms with Crippen molar-refractivity contribution in [2.24, 2.45) is 0 Å². The number of aliphatic hydroxyl groups is 1. The normalized spacial score (nSPS) is 13.4. The number of rotatable bonds is 3. The highest BCUT2D eigenvalue weighted by Crippen LogP contribution is 2.16. The van der Waals surface area contributed by atoms with Crippen LogP contribution in [0.3, 0.4) is 0 Å². The van der Waals surface area contributed by atoms with Crippen molar-refractivity contribution in [3.63, 3.8) is 0 Å². The van der Waals surface area contributed by atoms with Gasteiger partial charge in [0.05, 0.1) is 12.2 Å². The minimum Gasteiger partial charge on any atom is -0.401 e. The van der Waals surface area contributed by atoms with Crippen molar-refractivity contribution in [1.29, 1.82) is 0 Å². The van der Waals surface area contributed by atoms with E-state index in [1.54, 1.807) is 6.92 Å². The summed E-state index contributed by atoms with van der Waals surface area (Å²) in [6, 6.07) is 2.73. The molecule has 0 aromatic carbocycles. The summed E-state index contributed by atoms with van der Waals surface area (Å²) in [5.41, 5.74) is 0. The molecule has 0 saturated carbocycles. The van der Waals surface area contributed by atoms with Gasteiger partial charge in [0.1, 0.15) is 10.7 Å². The standard InChI is InChI=1S/C8H9NO4/c1-6(10)2-3-7-4-5-8(13-7)9(11)12/h2-6,10H,1H3/b3-2+. The Morgan fingerprint density at radius 1 is 1.69 bits per heavy atom. The van der Waals surface area contributed by atoms with E-state index in [-0.39, 0.29) is 5.88 Å². The van der Waals surface area contributed by atoms with Crippen LogP contribution in [0.15, 0.2) is 22.6 Å². The van der Waals surface area contributed by atoms with E-state index in [0.717, 1.165) is 0 Å². The SMILES string of the molecule is CC(O)/C=C/c1ccc([N+](=O)[O-])o1.